The van der Waals surface area contributed by atoms with E-state index in [2.05, 4.69) is 66.8 Å². The molecule has 0 fully saturated rings. The monoisotopic (exact) mass is 277 g/mol. The van der Waals surface area contributed by atoms with Crippen molar-refractivity contribution < 1.29 is 4.74 Å². The number of fused-ring (bicyclic) bond motifs is 1. The van der Waals surface area contributed by atoms with Gasteiger partial charge in [0.2, 0.25) is 0 Å². The number of hydrogen-bond donors (Lipinski definition) is 1. The highest BCUT2D eigenvalue weighted by atomic mass is 16.5. The van der Waals surface area contributed by atoms with Gasteiger partial charge >= 0.3 is 0 Å². The van der Waals surface area contributed by atoms with Crippen molar-refractivity contribution in [3.05, 3.63) is 71.8 Å². The molecular weight excluding hydrogens is 258 g/mol. The second kappa shape index (κ2) is 5.88. The first-order chi connectivity index (χ1) is 10.3. The molecule has 3 aromatic rings. The standard InChI is InChI=1S/C19H19NO/c1-14-7-10-19(21-2)17(11-14)13-20-18-9-8-15-5-3-4-6-16(15)12-18/h3-12,20H,13H2,1-2H3. The number of hydrogen-bond acceptors (Lipinski definition) is 2. The summed E-state index contributed by atoms with van der Waals surface area (Å²) in [6.07, 6.45) is 0. The van der Waals surface area contributed by atoms with Crippen LogP contribution in [0.15, 0.2) is 60.7 Å². The van der Waals surface area contributed by atoms with Crippen LogP contribution in [0.3, 0.4) is 0 Å². The molecule has 3 aromatic carbocycles. The predicted octanol–water partition coefficient (Wildman–Crippen LogP) is 4.77. The van der Waals surface area contributed by atoms with E-state index in [0.717, 1.165) is 18.0 Å². The third-order valence-corrected chi connectivity index (χ3v) is 3.67. The molecule has 1 N–H and O–H groups in total. The third kappa shape index (κ3) is 3.00. The van der Waals surface area contributed by atoms with Crippen molar-refractivity contribution in [2.45, 2.75) is 13.5 Å². The Balaban J connectivity index is 1.81. The number of aryl methyl sites for hydroxylation is 1. The Morgan fingerprint density at radius 1 is 0.905 bits per heavy atom. The first-order valence-electron chi connectivity index (χ1n) is 7.12. The lowest BCUT2D eigenvalue weighted by atomic mass is 10.1. The molecule has 0 unspecified atom stereocenters. The van der Waals surface area contributed by atoms with E-state index in [0.29, 0.717) is 0 Å². The van der Waals surface area contributed by atoms with Crippen molar-refractivity contribution >= 4 is 16.5 Å². The zero-order valence-electron chi connectivity index (χ0n) is 12.4. The summed E-state index contributed by atoms with van der Waals surface area (Å²) in [5.74, 6) is 0.925. The minimum absolute atomic E-state index is 0.753. The average Bonchev–Trinajstić information content (AvgIpc) is 2.53. The molecule has 0 aromatic heterocycles. The Kier molecular flexibility index (Phi) is 3.78. The van der Waals surface area contributed by atoms with Gasteiger partial charge in [0, 0.05) is 17.8 Å². The molecular formula is C19H19NO. The van der Waals surface area contributed by atoms with Crippen LogP contribution in [-0.2, 0) is 6.54 Å². The molecule has 0 heterocycles. The number of anilines is 1. The van der Waals surface area contributed by atoms with Gasteiger partial charge in [-0.15, -0.1) is 0 Å². The molecule has 0 saturated heterocycles. The number of nitrogens with one attached hydrogen (secondary N) is 1. The quantitative estimate of drug-likeness (QED) is 0.741. The molecule has 2 nitrogen and oxygen atoms in total. The molecule has 0 bridgehead atoms. The normalized spacial score (nSPS) is 10.6. The van der Waals surface area contributed by atoms with Crippen molar-refractivity contribution in [1.82, 2.24) is 0 Å². The smallest absolute Gasteiger partial charge is 0.123 e. The largest absolute Gasteiger partial charge is 0.496 e. The van der Waals surface area contributed by atoms with Crippen molar-refractivity contribution in [2.24, 2.45) is 0 Å². The number of benzene rings is 3. The minimum Gasteiger partial charge on any atom is -0.496 e. The lowest BCUT2D eigenvalue weighted by Gasteiger charge is -2.12. The van der Waals surface area contributed by atoms with Crippen LogP contribution in [0.2, 0.25) is 0 Å². The summed E-state index contributed by atoms with van der Waals surface area (Å²) >= 11 is 0. The maximum absolute atomic E-state index is 5.42. The molecule has 0 aliphatic carbocycles. The van der Waals surface area contributed by atoms with E-state index in [4.69, 9.17) is 4.74 Å². The Hall–Kier alpha value is -2.48. The maximum Gasteiger partial charge on any atom is 0.123 e. The van der Waals surface area contributed by atoms with E-state index < -0.39 is 0 Å². The fourth-order valence-corrected chi connectivity index (χ4v) is 2.54. The minimum atomic E-state index is 0.753. The van der Waals surface area contributed by atoms with Crippen LogP contribution in [0.1, 0.15) is 11.1 Å². The van der Waals surface area contributed by atoms with E-state index >= 15 is 0 Å². The van der Waals surface area contributed by atoms with Gasteiger partial charge in [-0.1, -0.05) is 48.0 Å². The van der Waals surface area contributed by atoms with E-state index in [1.807, 2.05) is 6.07 Å². The van der Waals surface area contributed by atoms with Crippen molar-refractivity contribution in [3.63, 3.8) is 0 Å². The fraction of sp³-hybridized carbons (Fsp3) is 0.158. The summed E-state index contributed by atoms with van der Waals surface area (Å²) in [6.45, 7) is 2.85. The highest BCUT2D eigenvalue weighted by Gasteiger charge is 2.03. The maximum atomic E-state index is 5.42. The van der Waals surface area contributed by atoms with Crippen LogP contribution in [0.4, 0.5) is 5.69 Å². The predicted molar refractivity (Wildman–Crippen MR) is 89.0 cm³/mol. The van der Waals surface area contributed by atoms with Gasteiger partial charge in [0.15, 0.2) is 0 Å². The van der Waals surface area contributed by atoms with Crippen LogP contribution < -0.4 is 10.1 Å². The van der Waals surface area contributed by atoms with E-state index in [-0.39, 0.29) is 0 Å². The van der Waals surface area contributed by atoms with Crippen LogP contribution in [0.5, 0.6) is 5.75 Å². The van der Waals surface area contributed by atoms with E-state index in [1.54, 1.807) is 7.11 Å². The molecule has 0 radical (unpaired) electrons. The highest BCUT2D eigenvalue weighted by molar-refractivity contribution is 5.85. The van der Waals surface area contributed by atoms with Crippen LogP contribution in [0.25, 0.3) is 10.8 Å². The van der Waals surface area contributed by atoms with Crippen molar-refractivity contribution in [3.8, 4) is 5.75 Å². The van der Waals surface area contributed by atoms with E-state index in [9.17, 15) is 0 Å². The molecule has 2 heteroatoms. The Bertz CT molecular complexity index is 764. The van der Waals surface area contributed by atoms with Gasteiger partial charge in [-0.3, -0.25) is 0 Å². The summed E-state index contributed by atoms with van der Waals surface area (Å²) in [4.78, 5) is 0. The van der Waals surface area contributed by atoms with Gasteiger partial charge in [0.25, 0.3) is 0 Å². The second-order valence-electron chi connectivity index (χ2n) is 5.23. The summed E-state index contributed by atoms with van der Waals surface area (Å²) in [7, 11) is 1.71. The molecule has 3 rings (SSSR count). The van der Waals surface area contributed by atoms with Gasteiger partial charge in [-0.25, -0.2) is 0 Å². The molecule has 0 aliphatic rings. The fourth-order valence-electron chi connectivity index (χ4n) is 2.54. The SMILES string of the molecule is COc1ccc(C)cc1CNc1ccc2ccccc2c1. The molecule has 0 spiro atoms. The van der Waals surface area contributed by atoms with Crippen LogP contribution in [0, 0.1) is 6.92 Å². The first-order valence-corrected chi connectivity index (χ1v) is 7.12. The highest BCUT2D eigenvalue weighted by Crippen LogP contribution is 2.23. The molecule has 106 valence electrons. The van der Waals surface area contributed by atoms with Crippen LogP contribution in [-0.4, -0.2) is 7.11 Å². The molecule has 21 heavy (non-hydrogen) atoms. The summed E-state index contributed by atoms with van der Waals surface area (Å²) < 4.78 is 5.42. The number of rotatable bonds is 4. The lowest BCUT2D eigenvalue weighted by Crippen LogP contribution is -2.02. The topological polar surface area (TPSA) is 21.3 Å². The average molecular weight is 277 g/mol. The van der Waals surface area contributed by atoms with Crippen LogP contribution >= 0.6 is 0 Å². The van der Waals surface area contributed by atoms with Gasteiger partial charge < -0.3 is 10.1 Å². The molecule has 0 aliphatic heterocycles. The molecule has 0 atom stereocenters. The number of methoxy groups -OCH3 is 1. The summed E-state index contributed by atoms with van der Waals surface area (Å²) in [6, 6.07) is 21.1. The van der Waals surface area contributed by atoms with Gasteiger partial charge in [0.05, 0.1) is 7.11 Å². The zero-order chi connectivity index (χ0) is 14.7. The lowest BCUT2D eigenvalue weighted by molar-refractivity contribution is 0.410. The van der Waals surface area contributed by atoms with Gasteiger partial charge in [-0.05, 0) is 35.9 Å². The van der Waals surface area contributed by atoms with Crippen molar-refractivity contribution in [1.29, 1.82) is 0 Å². The van der Waals surface area contributed by atoms with E-state index in [1.165, 1.54) is 21.9 Å². The first kappa shape index (κ1) is 13.5. The third-order valence-electron chi connectivity index (χ3n) is 3.67. The summed E-state index contributed by atoms with van der Waals surface area (Å²) in [5, 5.41) is 5.98. The second-order valence-corrected chi connectivity index (χ2v) is 5.23. The Morgan fingerprint density at radius 3 is 2.52 bits per heavy atom. The molecule has 0 saturated carbocycles. The Labute approximate surface area is 125 Å². The van der Waals surface area contributed by atoms with Crippen molar-refractivity contribution in [2.75, 3.05) is 12.4 Å². The zero-order valence-corrected chi connectivity index (χ0v) is 12.4. The number of ether oxygens (including phenoxy) is 1. The molecule has 0 amide bonds. The Morgan fingerprint density at radius 2 is 1.71 bits per heavy atom. The summed E-state index contributed by atoms with van der Waals surface area (Å²) in [5.41, 5.74) is 3.54. The van der Waals surface area contributed by atoms with Gasteiger partial charge in [-0.2, -0.15) is 0 Å². The van der Waals surface area contributed by atoms with Gasteiger partial charge in [0.1, 0.15) is 5.75 Å².